The Kier molecular flexibility index (Phi) is 6.56. The van der Waals surface area contributed by atoms with Gasteiger partial charge in [0, 0.05) is 5.69 Å². The molecule has 0 radical (unpaired) electrons. The van der Waals surface area contributed by atoms with Crippen molar-refractivity contribution in [3.8, 4) is 5.75 Å². The van der Waals surface area contributed by atoms with Crippen LogP contribution in [0, 0.1) is 0 Å². The van der Waals surface area contributed by atoms with E-state index in [2.05, 4.69) is 10.6 Å². The highest BCUT2D eigenvalue weighted by Crippen LogP contribution is 2.23. The third kappa shape index (κ3) is 5.31. The van der Waals surface area contributed by atoms with Crippen molar-refractivity contribution >= 4 is 52.5 Å². The standard InChI is InChI=1S/C25H19N3O4S/c29-22(26-18-9-3-1-4-10-18)16-32-20-13-7-8-17(14-20)15-21-23(30)27-25(33)28(24(21)31)19-11-5-2-6-12-19/h1-15H,16H2,(H,26,29)(H,27,30,33)/b21-15-. The Morgan fingerprint density at radius 1 is 0.970 bits per heavy atom. The molecule has 0 aromatic heterocycles. The number of nitrogens with one attached hydrogen (secondary N) is 2. The lowest BCUT2D eigenvalue weighted by atomic mass is 10.1. The summed E-state index contributed by atoms with van der Waals surface area (Å²) in [5.74, 6) is -0.986. The molecule has 0 bridgehead atoms. The van der Waals surface area contributed by atoms with E-state index in [1.54, 1.807) is 60.7 Å². The van der Waals surface area contributed by atoms with E-state index in [9.17, 15) is 14.4 Å². The maximum atomic E-state index is 13.0. The number of anilines is 2. The molecule has 1 aliphatic rings. The summed E-state index contributed by atoms with van der Waals surface area (Å²) in [7, 11) is 0. The van der Waals surface area contributed by atoms with Gasteiger partial charge in [-0.3, -0.25) is 24.6 Å². The third-order valence-electron chi connectivity index (χ3n) is 4.71. The zero-order chi connectivity index (χ0) is 23.2. The molecular weight excluding hydrogens is 438 g/mol. The Morgan fingerprint density at radius 3 is 2.39 bits per heavy atom. The average molecular weight is 458 g/mol. The van der Waals surface area contributed by atoms with Crippen LogP contribution in [0.3, 0.4) is 0 Å². The van der Waals surface area contributed by atoms with E-state index in [1.165, 1.54) is 11.0 Å². The molecule has 0 aliphatic carbocycles. The number of para-hydroxylation sites is 2. The first-order valence-corrected chi connectivity index (χ1v) is 10.5. The molecule has 33 heavy (non-hydrogen) atoms. The van der Waals surface area contributed by atoms with E-state index >= 15 is 0 Å². The fourth-order valence-corrected chi connectivity index (χ4v) is 3.48. The Balaban J connectivity index is 1.48. The number of carbonyl (C=O) groups is 3. The van der Waals surface area contributed by atoms with Gasteiger partial charge in [0.05, 0.1) is 5.69 Å². The molecule has 0 atom stereocenters. The topological polar surface area (TPSA) is 87.7 Å². The minimum absolute atomic E-state index is 0.0230. The number of benzene rings is 3. The minimum Gasteiger partial charge on any atom is -0.484 e. The summed E-state index contributed by atoms with van der Waals surface area (Å²) in [5, 5.41) is 5.31. The molecule has 164 valence electrons. The van der Waals surface area contributed by atoms with Gasteiger partial charge in [-0.15, -0.1) is 0 Å². The second-order valence-corrected chi connectivity index (χ2v) is 7.46. The van der Waals surface area contributed by atoms with Crippen LogP contribution in [0.1, 0.15) is 5.56 Å². The highest BCUT2D eigenvalue weighted by atomic mass is 32.1. The fourth-order valence-electron chi connectivity index (χ4n) is 3.20. The summed E-state index contributed by atoms with van der Waals surface area (Å²) in [6.45, 7) is -0.190. The van der Waals surface area contributed by atoms with E-state index < -0.39 is 11.8 Å². The van der Waals surface area contributed by atoms with Crippen LogP contribution in [-0.2, 0) is 14.4 Å². The monoisotopic (exact) mass is 457 g/mol. The van der Waals surface area contributed by atoms with Gasteiger partial charge in [0.25, 0.3) is 17.7 Å². The van der Waals surface area contributed by atoms with Crippen molar-refractivity contribution in [2.45, 2.75) is 0 Å². The Hall–Kier alpha value is -4.30. The number of carbonyl (C=O) groups excluding carboxylic acids is 3. The Bertz CT molecular complexity index is 1240. The molecular formula is C25H19N3O4S. The van der Waals surface area contributed by atoms with Crippen LogP contribution in [0.4, 0.5) is 11.4 Å². The molecule has 1 saturated heterocycles. The molecule has 3 amide bonds. The van der Waals surface area contributed by atoms with Gasteiger partial charge in [0.15, 0.2) is 11.7 Å². The van der Waals surface area contributed by atoms with E-state index in [4.69, 9.17) is 17.0 Å². The summed E-state index contributed by atoms with van der Waals surface area (Å²) < 4.78 is 5.57. The van der Waals surface area contributed by atoms with Crippen LogP contribution in [0.5, 0.6) is 5.75 Å². The van der Waals surface area contributed by atoms with Crippen molar-refractivity contribution in [3.63, 3.8) is 0 Å². The third-order valence-corrected chi connectivity index (χ3v) is 5.00. The number of amides is 3. The maximum absolute atomic E-state index is 13.0. The number of hydrogen-bond donors (Lipinski definition) is 2. The van der Waals surface area contributed by atoms with Gasteiger partial charge in [0.2, 0.25) is 0 Å². The molecule has 0 saturated carbocycles. The molecule has 7 nitrogen and oxygen atoms in total. The highest BCUT2D eigenvalue weighted by Gasteiger charge is 2.34. The zero-order valence-corrected chi connectivity index (χ0v) is 18.2. The summed E-state index contributed by atoms with van der Waals surface area (Å²) in [4.78, 5) is 38.9. The smallest absolute Gasteiger partial charge is 0.270 e. The highest BCUT2D eigenvalue weighted by molar-refractivity contribution is 7.80. The van der Waals surface area contributed by atoms with E-state index in [0.717, 1.165) is 0 Å². The van der Waals surface area contributed by atoms with Crippen molar-refractivity contribution in [3.05, 3.63) is 96.1 Å². The Labute approximate surface area is 195 Å². The van der Waals surface area contributed by atoms with Gasteiger partial charge in [0.1, 0.15) is 11.3 Å². The molecule has 3 aromatic rings. The van der Waals surface area contributed by atoms with E-state index in [0.29, 0.717) is 22.7 Å². The van der Waals surface area contributed by atoms with Crippen molar-refractivity contribution < 1.29 is 19.1 Å². The summed E-state index contributed by atoms with van der Waals surface area (Å²) in [6.07, 6.45) is 1.46. The zero-order valence-electron chi connectivity index (χ0n) is 17.4. The van der Waals surface area contributed by atoms with Crippen LogP contribution in [0.25, 0.3) is 6.08 Å². The predicted molar refractivity (Wildman–Crippen MR) is 130 cm³/mol. The SMILES string of the molecule is O=C(COc1cccc(/C=C2/C(=O)NC(=S)N(c3ccccc3)C2=O)c1)Nc1ccccc1. The lowest BCUT2D eigenvalue weighted by molar-refractivity contribution is -0.122. The number of ether oxygens (including phenoxy) is 1. The fraction of sp³-hybridized carbons (Fsp3) is 0.0400. The first-order valence-electron chi connectivity index (χ1n) is 10.1. The van der Waals surface area contributed by atoms with Crippen LogP contribution in [-0.4, -0.2) is 29.4 Å². The number of rotatable bonds is 6. The number of nitrogens with zero attached hydrogens (tertiary/aromatic N) is 1. The van der Waals surface area contributed by atoms with E-state index in [-0.39, 0.29) is 23.2 Å². The lowest BCUT2D eigenvalue weighted by Gasteiger charge is -2.28. The van der Waals surface area contributed by atoms with E-state index in [1.807, 2.05) is 24.3 Å². The van der Waals surface area contributed by atoms with Crippen molar-refractivity contribution in [1.82, 2.24) is 5.32 Å². The molecule has 2 N–H and O–H groups in total. The van der Waals surface area contributed by atoms with Gasteiger partial charge in [-0.2, -0.15) is 0 Å². The largest absolute Gasteiger partial charge is 0.484 e. The lowest BCUT2D eigenvalue weighted by Crippen LogP contribution is -2.54. The predicted octanol–water partition coefficient (Wildman–Crippen LogP) is 3.54. The quantitative estimate of drug-likeness (QED) is 0.336. The van der Waals surface area contributed by atoms with Crippen molar-refractivity contribution in [1.29, 1.82) is 0 Å². The van der Waals surface area contributed by atoms with Crippen LogP contribution in [0.15, 0.2) is 90.5 Å². The second-order valence-electron chi connectivity index (χ2n) is 7.07. The first-order chi connectivity index (χ1) is 16.0. The van der Waals surface area contributed by atoms with Crippen LogP contribution >= 0.6 is 12.2 Å². The minimum atomic E-state index is -0.578. The van der Waals surface area contributed by atoms with Crippen molar-refractivity contribution in [2.24, 2.45) is 0 Å². The van der Waals surface area contributed by atoms with Gasteiger partial charge in [-0.05, 0) is 60.3 Å². The molecule has 8 heteroatoms. The van der Waals surface area contributed by atoms with Crippen LogP contribution in [0.2, 0.25) is 0 Å². The summed E-state index contributed by atoms with van der Waals surface area (Å²) in [5.41, 5.74) is 1.73. The average Bonchev–Trinajstić information content (AvgIpc) is 2.82. The molecule has 1 aliphatic heterocycles. The maximum Gasteiger partial charge on any atom is 0.270 e. The molecule has 0 unspecified atom stereocenters. The number of thiocarbonyl (C=S) groups is 1. The number of hydrogen-bond acceptors (Lipinski definition) is 5. The van der Waals surface area contributed by atoms with Crippen LogP contribution < -0.4 is 20.3 Å². The molecule has 4 rings (SSSR count). The van der Waals surface area contributed by atoms with Gasteiger partial charge in [-0.1, -0.05) is 48.5 Å². The normalized spacial score (nSPS) is 14.7. The first kappa shape index (κ1) is 21.9. The Morgan fingerprint density at radius 2 is 1.67 bits per heavy atom. The van der Waals surface area contributed by atoms with Gasteiger partial charge < -0.3 is 10.1 Å². The second kappa shape index (κ2) is 9.88. The summed E-state index contributed by atoms with van der Waals surface area (Å²) >= 11 is 5.20. The molecule has 3 aromatic carbocycles. The van der Waals surface area contributed by atoms with Crippen molar-refractivity contribution in [2.75, 3.05) is 16.8 Å². The van der Waals surface area contributed by atoms with Gasteiger partial charge >= 0.3 is 0 Å². The molecule has 1 fully saturated rings. The molecule has 0 spiro atoms. The van der Waals surface area contributed by atoms with Gasteiger partial charge in [-0.25, -0.2) is 0 Å². The summed E-state index contributed by atoms with van der Waals surface area (Å²) in [6, 6.07) is 24.7. The molecule has 1 heterocycles.